The van der Waals surface area contributed by atoms with Gasteiger partial charge in [0.2, 0.25) is 0 Å². The van der Waals surface area contributed by atoms with Crippen molar-refractivity contribution in [3.05, 3.63) is 29.3 Å². The second-order valence-electron chi connectivity index (χ2n) is 5.45. The number of hydrogen-bond acceptors (Lipinski definition) is 4. The van der Waals surface area contributed by atoms with Crippen molar-refractivity contribution in [1.82, 2.24) is 0 Å². The third kappa shape index (κ3) is 4.21. The number of benzene rings is 1. The molecule has 1 N–H and O–H groups in total. The van der Waals surface area contributed by atoms with Gasteiger partial charge in [0, 0.05) is 17.8 Å². The molecule has 1 fully saturated rings. The molecule has 0 unspecified atom stereocenters. The number of halogens is 1. The summed E-state index contributed by atoms with van der Waals surface area (Å²) in [5, 5.41) is 7.15. The van der Waals surface area contributed by atoms with Gasteiger partial charge in [-0.1, -0.05) is 36.0 Å². The van der Waals surface area contributed by atoms with Crippen LogP contribution in [0.1, 0.15) is 39.0 Å². The van der Waals surface area contributed by atoms with Crippen molar-refractivity contribution in [2.24, 2.45) is 5.16 Å². The summed E-state index contributed by atoms with van der Waals surface area (Å²) in [4.78, 5) is 16.7. The Kier molecular flexibility index (Phi) is 5.80. The van der Waals surface area contributed by atoms with E-state index in [0.717, 1.165) is 25.7 Å². The molecule has 2 rings (SSSR count). The summed E-state index contributed by atoms with van der Waals surface area (Å²) >= 11 is 5.79. The van der Waals surface area contributed by atoms with Crippen LogP contribution in [0.2, 0.25) is 5.02 Å². The highest BCUT2D eigenvalue weighted by atomic mass is 35.5. The number of carbonyl (C=O) groups excluding carboxylic acids is 1. The molecule has 0 aromatic heterocycles. The minimum absolute atomic E-state index is 0.404. The summed E-state index contributed by atoms with van der Waals surface area (Å²) in [5.41, 5.74) is 0.890. The molecule has 6 heteroatoms. The zero-order chi connectivity index (χ0) is 16.0. The van der Waals surface area contributed by atoms with Crippen LogP contribution in [0.25, 0.3) is 0 Å². The average molecular weight is 325 g/mol. The molecule has 1 aromatic carbocycles. The third-order valence-corrected chi connectivity index (χ3v) is 4.32. The Hall–Kier alpha value is -1.59. The topological polar surface area (TPSA) is 59.9 Å². The van der Waals surface area contributed by atoms with Gasteiger partial charge < -0.3 is 4.74 Å². The highest BCUT2D eigenvalue weighted by Gasteiger charge is 2.35. The highest BCUT2D eigenvalue weighted by Crippen LogP contribution is 2.32. The number of methoxy groups -OCH3 is 1. The van der Waals surface area contributed by atoms with E-state index in [1.807, 2.05) is 6.92 Å². The second kappa shape index (κ2) is 7.61. The number of amides is 1. The van der Waals surface area contributed by atoms with Crippen molar-refractivity contribution in [3.63, 3.8) is 0 Å². The van der Waals surface area contributed by atoms with E-state index in [9.17, 15) is 4.79 Å². The second-order valence-corrected chi connectivity index (χ2v) is 5.88. The molecule has 0 saturated heterocycles. The first kappa shape index (κ1) is 16.8. The normalized spacial score (nSPS) is 17.9. The van der Waals surface area contributed by atoms with Crippen molar-refractivity contribution >= 4 is 29.1 Å². The van der Waals surface area contributed by atoms with Gasteiger partial charge in [0.1, 0.15) is 5.60 Å². The van der Waals surface area contributed by atoms with E-state index < -0.39 is 11.7 Å². The summed E-state index contributed by atoms with van der Waals surface area (Å²) in [5.74, 6) is 0. The van der Waals surface area contributed by atoms with Gasteiger partial charge in [0.15, 0.2) is 0 Å². The maximum atomic E-state index is 11.8. The minimum atomic E-state index is -0.635. The molecule has 1 aliphatic carbocycles. The number of rotatable bonds is 4. The fraction of sp³-hybridized carbons (Fsp3) is 0.500. The van der Waals surface area contributed by atoms with Crippen LogP contribution in [0.4, 0.5) is 10.5 Å². The zero-order valence-electron chi connectivity index (χ0n) is 12.9. The average Bonchev–Trinajstić information content (AvgIpc) is 2.55. The Bertz CT molecular complexity index is 537. The predicted molar refractivity (Wildman–Crippen MR) is 87.5 cm³/mol. The van der Waals surface area contributed by atoms with E-state index in [2.05, 4.69) is 10.5 Å². The highest BCUT2D eigenvalue weighted by molar-refractivity contribution is 6.30. The molecule has 1 saturated carbocycles. The first-order valence-corrected chi connectivity index (χ1v) is 7.77. The van der Waals surface area contributed by atoms with E-state index in [-0.39, 0.29) is 0 Å². The van der Waals surface area contributed by atoms with Gasteiger partial charge >= 0.3 is 6.09 Å². The number of nitrogens with zero attached hydrogens (tertiary/aromatic N) is 1. The Morgan fingerprint density at radius 1 is 1.23 bits per heavy atom. The molecule has 0 spiro atoms. The molecule has 0 aliphatic heterocycles. The number of carbonyl (C=O) groups is 1. The van der Waals surface area contributed by atoms with Crippen molar-refractivity contribution in [3.8, 4) is 0 Å². The van der Waals surface area contributed by atoms with Crippen LogP contribution in [0.15, 0.2) is 29.4 Å². The predicted octanol–water partition coefficient (Wildman–Crippen LogP) is 4.61. The summed E-state index contributed by atoms with van der Waals surface area (Å²) in [7, 11) is 1.68. The van der Waals surface area contributed by atoms with E-state index >= 15 is 0 Å². The van der Waals surface area contributed by atoms with Gasteiger partial charge in [-0.3, -0.25) is 10.2 Å². The van der Waals surface area contributed by atoms with Gasteiger partial charge in [-0.05, 0) is 44.0 Å². The smallest absolute Gasteiger partial charge is 0.372 e. The van der Waals surface area contributed by atoms with E-state index in [1.54, 1.807) is 31.4 Å². The number of oxime groups is 1. The van der Waals surface area contributed by atoms with Crippen LogP contribution in [-0.4, -0.2) is 24.5 Å². The van der Waals surface area contributed by atoms with Crippen molar-refractivity contribution < 1.29 is 14.4 Å². The lowest BCUT2D eigenvalue weighted by molar-refractivity contribution is 0.0160. The number of ether oxygens (including phenoxy) is 1. The first-order valence-electron chi connectivity index (χ1n) is 7.39. The van der Waals surface area contributed by atoms with Crippen molar-refractivity contribution in [1.29, 1.82) is 0 Å². The fourth-order valence-electron chi connectivity index (χ4n) is 2.70. The zero-order valence-corrected chi connectivity index (χ0v) is 13.7. The maximum absolute atomic E-state index is 11.8. The SMILES string of the molecule is COC1(/C(C)=N/OC(=O)Nc2ccc(Cl)cc2)CCCCC1. The molecule has 1 aromatic rings. The third-order valence-electron chi connectivity index (χ3n) is 4.07. The van der Waals surface area contributed by atoms with Gasteiger partial charge in [-0.2, -0.15) is 0 Å². The molecule has 1 amide bonds. The van der Waals surface area contributed by atoms with Crippen LogP contribution in [0.3, 0.4) is 0 Å². The summed E-state index contributed by atoms with van der Waals surface area (Å²) in [6.45, 7) is 1.84. The number of hydrogen-bond donors (Lipinski definition) is 1. The van der Waals surface area contributed by atoms with E-state index in [4.69, 9.17) is 21.2 Å². The lowest BCUT2D eigenvalue weighted by atomic mass is 9.81. The van der Waals surface area contributed by atoms with E-state index in [0.29, 0.717) is 16.4 Å². The summed E-state index contributed by atoms with van der Waals surface area (Å²) in [6, 6.07) is 6.76. The molecule has 0 heterocycles. The molecule has 5 nitrogen and oxygen atoms in total. The van der Waals surface area contributed by atoms with Crippen LogP contribution in [0.5, 0.6) is 0 Å². The molecule has 0 atom stereocenters. The maximum Gasteiger partial charge on any atom is 0.437 e. The Morgan fingerprint density at radius 3 is 2.45 bits per heavy atom. The Morgan fingerprint density at radius 2 is 1.86 bits per heavy atom. The molecule has 120 valence electrons. The minimum Gasteiger partial charge on any atom is -0.372 e. The number of nitrogens with one attached hydrogen (secondary N) is 1. The van der Waals surface area contributed by atoms with E-state index in [1.165, 1.54) is 6.42 Å². The molecular formula is C16H21ClN2O3. The summed E-state index contributed by atoms with van der Waals surface area (Å²) in [6.07, 6.45) is 4.57. The Labute approximate surface area is 135 Å². The first-order chi connectivity index (χ1) is 10.6. The van der Waals surface area contributed by atoms with Crippen LogP contribution in [0, 0.1) is 0 Å². The van der Waals surface area contributed by atoms with Gasteiger partial charge in [0.05, 0.1) is 5.71 Å². The van der Waals surface area contributed by atoms with Crippen molar-refractivity contribution in [2.75, 3.05) is 12.4 Å². The van der Waals surface area contributed by atoms with Crippen LogP contribution in [-0.2, 0) is 9.57 Å². The fourth-order valence-corrected chi connectivity index (χ4v) is 2.83. The standard InChI is InChI=1S/C16H21ClN2O3/c1-12(16(21-2)10-4-3-5-11-16)19-22-15(20)18-14-8-6-13(17)7-9-14/h6-9H,3-5,10-11H2,1-2H3,(H,18,20)/b19-12+. The van der Waals surface area contributed by atoms with Gasteiger partial charge in [-0.15, -0.1) is 0 Å². The molecule has 0 radical (unpaired) electrons. The molecule has 22 heavy (non-hydrogen) atoms. The van der Waals surface area contributed by atoms with Crippen LogP contribution < -0.4 is 5.32 Å². The lowest BCUT2D eigenvalue weighted by Crippen LogP contribution is -2.41. The van der Waals surface area contributed by atoms with Gasteiger partial charge in [0.25, 0.3) is 0 Å². The molecule has 1 aliphatic rings. The largest absolute Gasteiger partial charge is 0.437 e. The quantitative estimate of drug-likeness (QED) is 0.499. The molecular weight excluding hydrogens is 304 g/mol. The van der Waals surface area contributed by atoms with Crippen molar-refractivity contribution in [2.45, 2.75) is 44.6 Å². The number of anilines is 1. The molecule has 0 bridgehead atoms. The summed E-state index contributed by atoms with van der Waals surface area (Å²) < 4.78 is 5.65. The Balaban J connectivity index is 1.94. The monoisotopic (exact) mass is 324 g/mol. The lowest BCUT2D eigenvalue weighted by Gasteiger charge is -2.35. The van der Waals surface area contributed by atoms with Crippen LogP contribution >= 0.6 is 11.6 Å². The van der Waals surface area contributed by atoms with Gasteiger partial charge in [-0.25, -0.2) is 4.79 Å².